The van der Waals surface area contributed by atoms with Gasteiger partial charge in [0.25, 0.3) is 0 Å². The number of unbranched alkanes of at least 4 members (excludes halogenated alkanes) is 1. The second kappa shape index (κ2) is 7.71. The first-order valence-electron chi connectivity index (χ1n) is 8.37. The zero-order valence-corrected chi connectivity index (χ0v) is 14.3. The highest BCUT2D eigenvalue weighted by molar-refractivity contribution is 5.91. The summed E-state index contributed by atoms with van der Waals surface area (Å²) < 4.78 is 47.7. The molecule has 0 atom stereocenters. The average Bonchev–Trinajstić information content (AvgIpc) is 2.63. The second-order valence-electron chi connectivity index (χ2n) is 6.05. The number of halogens is 3. The van der Waals surface area contributed by atoms with Crippen LogP contribution in [0.5, 0.6) is 0 Å². The quantitative estimate of drug-likeness (QED) is 0.451. The maximum Gasteiger partial charge on any atom is 0.195 e. The molecular formula is C19H18F3N3O2. The Morgan fingerprint density at radius 3 is 2.48 bits per heavy atom. The molecule has 8 heteroatoms. The van der Waals surface area contributed by atoms with E-state index in [1.54, 1.807) is 0 Å². The third kappa shape index (κ3) is 3.75. The van der Waals surface area contributed by atoms with Crippen LogP contribution in [0.3, 0.4) is 0 Å². The highest BCUT2D eigenvalue weighted by Gasteiger charge is 2.19. The van der Waals surface area contributed by atoms with Crippen LogP contribution in [0.15, 0.2) is 39.5 Å². The summed E-state index contributed by atoms with van der Waals surface area (Å²) in [6.45, 7) is 0.844. The van der Waals surface area contributed by atoms with Gasteiger partial charge >= 0.3 is 0 Å². The van der Waals surface area contributed by atoms with Crippen molar-refractivity contribution in [1.82, 2.24) is 0 Å². The fourth-order valence-electron chi connectivity index (χ4n) is 2.75. The van der Waals surface area contributed by atoms with Crippen LogP contribution in [0.1, 0.15) is 12.8 Å². The van der Waals surface area contributed by atoms with E-state index in [-0.39, 0.29) is 28.1 Å². The van der Waals surface area contributed by atoms with Crippen LogP contribution >= 0.6 is 0 Å². The molecule has 142 valence electrons. The molecule has 0 saturated carbocycles. The number of anilines is 2. The van der Waals surface area contributed by atoms with Crippen molar-refractivity contribution in [2.45, 2.75) is 12.8 Å². The molecule has 0 bridgehead atoms. The topological polar surface area (TPSA) is 94.3 Å². The van der Waals surface area contributed by atoms with E-state index in [0.29, 0.717) is 25.6 Å². The fourth-order valence-corrected chi connectivity index (χ4v) is 2.75. The highest BCUT2D eigenvalue weighted by atomic mass is 19.1. The molecule has 5 N–H and O–H groups in total. The summed E-state index contributed by atoms with van der Waals surface area (Å²) in [5, 5.41) is 2.56. The number of nitrogens with one attached hydrogen (secondary N) is 1. The zero-order valence-electron chi connectivity index (χ0n) is 14.3. The molecule has 0 fully saturated rings. The Hall–Kier alpha value is -3.00. The molecule has 1 aromatic heterocycles. The zero-order chi connectivity index (χ0) is 19.6. The molecule has 3 rings (SSSR count). The lowest BCUT2D eigenvalue weighted by Crippen LogP contribution is -2.11. The maximum atomic E-state index is 14.3. The molecule has 5 nitrogen and oxygen atoms in total. The first-order chi connectivity index (χ1) is 12.9. The van der Waals surface area contributed by atoms with Gasteiger partial charge in [0.15, 0.2) is 16.8 Å². The number of nitrogen functional groups attached to an aromatic ring is 1. The van der Waals surface area contributed by atoms with Crippen molar-refractivity contribution in [3.8, 4) is 11.3 Å². The predicted molar refractivity (Wildman–Crippen MR) is 99.0 cm³/mol. The smallest absolute Gasteiger partial charge is 0.195 e. The van der Waals surface area contributed by atoms with Crippen molar-refractivity contribution >= 4 is 22.3 Å². The lowest BCUT2D eigenvalue weighted by molar-refractivity contribution is 0.545. The van der Waals surface area contributed by atoms with Crippen LogP contribution in [-0.4, -0.2) is 13.1 Å². The molecular weight excluding hydrogens is 359 g/mol. The van der Waals surface area contributed by atoms with Crippen LogP contribution in [0, 0.1) is 17.5 Å². The maximum absolute atomic E-state index is 14.3. The standard InChI is InChI=1S/C19H18F3N3O2/c20-11-7-10(3-4-14(11)24)16-9-15(26)17-18(25-6-2-1-5-23)12(21)8-13(22)19(17)27-16/h3-4,7-9,25H,1-2,5-6,23-24H2. The van der Waals surface area contributed by atoms with Gasteiger partial charge in [-0.2, -0.15) is 0 Å². The Morgan fingerprint density at radius 1 is 1.00 bits per heavy atom. The molecule has 27 heavy (non-hydrogen) atoms. The number of rotatable bonds is 6. The van der Waals surface area contributed by atoms with Crippen molar-refractivity contribution in [2.75, 3.05) is 24.1 Å². The van der Waals surface area contributed by atoms with E-state index < -0.39 is 28.5 Å². The number of nitrogens with two attached hydrogens (primary N) is 2. The van der Waals surface area contributed by atoms with Gasteiger partial charge in [0.2, 0.25) is 0 Å². The molecule has 0 unspecified atom stereocenters. The van der Waals surface area contributed by atoms with E-state index in [2.05, 4.69) is 5.32 Å². The van der Waals surface area contributed by atoms with Crippen molar-refractivity contribution in [3.63, 3.8) is 0 Å². The highest BCUT2D eigenvalue weighted by Crippen LogP contribution is 2.31. The predicted octanol–water partition coefficient (Wildman–Crippen LogP) is 3.61. The number of hydrogen-bond donors (Lipinski definition) is 3. The minimum Gasteiger partial charge on any atom is -0.453 e. The normalized spacial score (nSPS) is 11.1. The van der Waals surface area contributed by atoms with Gasteiger partial charge in [-0.25, -0.2) is 13.2 Å². The van der Waals surface area contributed by atoms with Crippen molar-refractivity contribution in [2.24, 2.45) is 5.73 Å². The summed E-state index contributed by atoms with van der Waals surface area (Å²) in [4.78, 5) is 12.6. The molecule has 0 amide bonds. The molecule has 0 aliphatic rings. The van der Waals surface area contributed by atoms with E-state index in [1.807, 2.05) is 0 Å². The number of hydrogen-bond acceptors (Lipinski definition) is 5. The van der Waals surface area contributed by atoms with Crippen molar-refractivity contribution < 1.29 is 17.6 Å². The lowest BCUT2D eigenvalue weighted by Gasteiger charge is -2.12. The number of fused-ring (bicyclic) bond motifs is 1. The molecule has 0 aliphatic carbocycles. The van der Waals surface area contributed by atoms with Crippen molar-refractivity contribution in [1.29, 1.82) is 0 Å². The van der Waals surface area contributed by atoms with E-state index in [1.165, 1.54) is 12.1 Å². The minimum absolute atomic E-state index is 0.0500. The van der Waals surface area contributed by atoms with E-state index in [4.69, 9.17) is 15.9 Å². The molecule has 0 radical (unpaired) electrons. The Morgan fingerprint density at radius 2 is 1.78 bits per heavy atom. The van der Waals surface area contributed by atoms with Crippen LogP contribution in [-0.2, 0) is 0 Å². The third-order valence-corrected chi connectivity index (χ3v) is 4.12. The van der Waals surface area contributed by atoms with Gasteiger partial charge in [-0.3, -0.25) is 4.79 Å². The van der Waals surface area contributed by atoms with E-state index in [9.17, 15) is 18.0 Å². The summed E-state index contributed by atoms with van der Waals surface area (Å²) in [6.07, 6.45) is 1.37. The molecule has 0 aliphatic heterocycles. The Labute approximate surface area is 152 Å². The number of benzene rings is 2. The van der Waals surface area contributed by atoms with Crippen LogP contribution in [0.4, 0.5) is 24.5 Å². The molecule has 2 aromatic carbocycles. The SMILES string of the molecule is NCCCCNc1c(F)cc(F)c2oc(-c3ccc(N)c(F)c3)cc(=O)c12. The minimum atomic E-state index is -1.02. The third-order valence-electron chi connectivity index (χ3n) is 4.12. The van der Waals surface area contributed by atoms with Crippen LogP contribution < -0.4 is 22.2 Å². The Kier molecular flexibility index (Phi) is 5.36. The Bertz CT molecular complexity index is 1050. The van der Waals surface area contributed by atoms with E-state index in [0.717, 1.165) is 18.6 Å². The van der Waals surface area contributed by atoms with Gasteiger partial charge in [-0.05, 0) is 37.6 Å². The largest absolute Gasteiger partial charge is 0.453 e. The molecule has 0 spiro atoms. The second-order valence-corrected chi connectivity index (χ2v) is 6.05. The summed E-state index contributed by atoms with van der Waals surface area (Å²) in [5.41, 5.74) is 9.80. The van der Waals surface area contributed by atoms with Gasteiger partial charge in [0.1, 0.15) is 17.4 Å². The van der Waals surface area contributed by atoms with Crippen LogP contribution in [0.25, 0.3) is 22.3 Å². The first kappa shape index (κ1) is 18.8. The first-order valence-corrected chi connectivity index (χ1v) is 8.37. The fraction of sp³-hybridized carbons (Fsp3) is 0.211. The molecule has 1 heterocycles. The van der Waals surface area contributed by atoms with Gasteiger partial charge in [0, 0.05) is 24.2 Å². The summed E-state index contributed by atoms with van der Waals surface area (Å²) in [5.74, 6) is -2.67. The van der Waals surface area contributed by atoms with Gasteiger partial charge < -0.3 is 21.2 Å². The molecule has 3 aromatic rings. The van der Waals surface area contributed by atoms with Gasteiger partial charge in [-0.15, -0.1) is 0 Å². The average molecular weight is 377 g/mol. The lowest BCUT2D eigenvalue weighted by atomic mass is 10.1. The van der Waals surface area contributed by atoms with Gasteiger partial charge in [-0.1, -0.05) is 0 Å². The monoisotopic (exact) mass is 377 g/mol. The van der Waals surface area contributed by atoms with E-state index >= 15 is 0 Å². The van der Waals surface area contributed by atoms with Crippen molar-refractivity contribution in [3.05, 3.63) is 58.0 Å². The summed E-state index contributed by atoms with van der Waals surface area (Å²) in [6, 6.07) is 5.53. The van der Waals surface area contributed by atoms with Gasteiger partial charge in [0.05, 0.1) is 16.8 Å². The Balaban J connectivity index is 2.12. The molecule has 0 saturated heterocycles. The summed E-state index contributed by atoms with van der Waals surface area (Å²) >= 11 is 0. The summed E-state index contributed by atoms with van der Waals surface area (Å²) in [7, 11) is 0. The van der Waals surface area contributed by atoms with Crippen LogP contribution in [0.2, 0.25) is 0 Å².